The van der Waals surface area contributed by atoms with E-state index >= 15 is 0 Å². The molecule has 1 saturated carbocycles. The predicted molar refractivity (Wildman–Crippen MR) is 74.4 cm³/mol. The first-order valence-corrected chi connectivity index (χ1v) is 6.90. The van der Waals surface area contributed by atoms with Crippen LogP contribution in [0.5, 0.6) is 0 Å². The fraction of sp³-hybridized carbons (Fsp3) is 0.600. The van der Waals surface area contributed by atoms with Crippen LogP contribution in [0.3, 0.4) is 0 Å². The molecule has 0 atom stereocenters. The van der Waals surface area contributed by atoms with Crippen molar-refractivity contribution in [1.29, 1.82) is 0 Å². The molecular formula is C15H23FN2. The SMILES string of the molecule is CCN(c1ccc(CNC2CC2)cc1F)C(C)C. The summed E-state index contributed by atoms with van der Waals surface area (Å²) in [4.78, 5) is 2.08. The highest BCUT2D eigenvalue weighted by Gasteiger charge is 2.20. The molecule has 18 heavy (non-hydrogen) atoms. The van der Waals surface area contributed by atoms with Gasteiger partial charge < -0.3 is 10.2 Å². The number of halogens is 1. The van der Waals surface area contributed by atoms with Crippen molar-refractivity contribution in [2.24, 2.45) is 0 Å². The van der Waals surface area contributed by atoms with Gasteiger partial charge in [0.15, 0.2) is 0 Å². The molecule has 1 N–H and O–H groups in total. The fourth-order valence-electron chi connectivity index (χ4n) is 2.26. The standard InChI is InChI=1S/C15H23FN2/c1-4-18(11(2)3)15-8-5-12(9-14(15)16)10-17-13-6-7-13/h5,8-9,11,13,17H,4,6-7,10H2,1-3H3. The average molecular weight is 250 g/mol. The van der Waals surface area contributed by atoms with Crippen LogP contribution in [-0.4, -0.2) is 18.6 Å². The Labute approximate surface area is 109 Å². The molecule has 1 aliphatic rings. The summed E-state index contributed by atoms with van der Waals surface area (Å²) in [5.41, 5.74) is 1.74. The number of nitrogens with zero attached hydrogens (tertiary/aromatic N) is 1. The van der Waals surface area contributed by atoms with E-state index < -0.39 is 0 Å². The van der Waals surface area contributed by atoms with Crippen LogP contribution in [0.2, 0.25) is 0 Å². The van der Waals surface area contributed by atoms with Gasteiger partial charge in [-0.05, 0) is 51.3 Å². The van der Waals surface area contributed by atoms with Gasteiger partial charge >= 0.3 is 0 Å². The molecule has 2 nitrogen and oxygen atoms in total. The largest absolute Gasteiger partial charge is 0.367 e. The van der Waals surface area contributed by atoms with Gasteiger partial charge in [0.2, 0.25) is 0 Å². The lowest BCUT2D eigenvalue weighted by Crippen LogP contribution is -2.31. The topological polar surface area (TPSA) is 15.3 Å². The van der Waals surface area contributed by atoms with Gasteiger partial charge in [-0.25, -0.2) is 4.39 Å². The van der Waals surface area contributed by atoms with E-state index in [0.29, 0.717) is 17.8 Å². The molecule has 100 valence electrons. The summed E-state index contributed by atoms with van der Waals surface area (Å²) in [6, 6.07) is 6.58. The molecule has 0 amide bonds. The van der Waals surface area contributed by atoms with Crippen LogP contribution in [0.4, 0.5) is 10.1 Å². The quantitative estimate of drug-likeness (QED) is 0.833. The Hall–Kier alpha value is -1.09. The number of anilines is 1. The molecule has 1 fully saturated rings. The van der Waals surface area contributed by atoms with E-state index in [1.165, 1.54) is 12.8 Å². The van der Waals surface area contributed by atoms with Crippen LogP contribution in [-0.2, 0) is 6.54 Å². The molecule has 0 radical (unpaired) electrons. The normalized spacial score (nSPS) is 15.2. The smallest absolute Gasteiger partial charge is 0.146 e. The summed E-state index contributed by atoms with van der Waals surface area (Å²) < 4.78 is 14.1. The predicted octanol–water partition coefficient (Wildman–Crippen LogP) is 3.31. The van der Waals surface area contributed by atoms with Gasteiger partial charge in [0.1, 0.15) is 5.82 Å². The van der Waals surface area contributed by atoms with E-state index in [-0.39, 0.29) is 5.82 Å². The second-order valence-electron chi connectivity index (χ2n) is 5.32. The van der Waals surface area contributed by atoms with Gasteiger partial charge in [0.05, 0.1) is 5.69 Å². The maximum atomic E-state index is 14.1. The molecule has 1 aromatic rings. The van der Waals surface area contributed by atoms with Crippen LogP contribution < -0.4 is 10.2 Å². The molecule has 0 aliphatic heterocycles. The van der Waals surface area contributed by atoms with Crippen LogP contribution in [0.1, 0.15) is 39.2 Å². The zero-order valence-electron chi connectivity index (χ0n) is 11.5. The van der Waals surface area contributed by atoms with E-state index in [1.54, 1.807) is 6.07 Å². The zero-order chi connectivity index (χ0) is 13.1. The minimum Gasteiger partial charge on any atom is -0.367 e. The summed E-state index contributed by atoms with van der Waals surface area (Å²) >= 11 is 0. The molecule has 0 bridgehead atoms. The summed E-state index contributed by atoms with van der Waals surface area (Å²) in [6.45, 7) is 7.84. The molecule has 0 unspecified atom stereocenters. The Balaban J connectivity index is 2.07. The first kappa shape index (κ1) is 13.3. The van der Waals surface area contributed by atoms with Crippen molar-refractivity contribution in [3.63, 3.8) is 0 Å². The van der Waals surface area contributed by atoms with Gasteiger partial charge in [0.25, 0.3) is 0 Å². The van der Waals surface area contributed by atoms with Crippen molar-refractivity contribution in [3.05, 3.63) is 29.6 Å². The third-order valence-electron chi connectivity index (χ3n) is 3.46. The Morgan fingerprint density at radius 2 is 2.11 bits per heavy atom. The molecule has 2 rings (SSSR count). The van der Waals surface area contributed by atoms with Gasteiger partial charge in [-0.1, -0.05) is 6.07 Å². The monoisotopic (exact) mass is 250 g/mol. The van der Waals surface area contributed by atoms with E-state index in [4.69, 9.17) is 0 Å². The van der Waals surface area contributed by atoms with Gasteiger partial charge in [-0.3, -0.25) is 0 Å². The average Bonchev–Trinajstić information content (AvgIpc) is 3.13. The minimum absolute atomic E-state index is 0.111. The number of rotatable bonds is 6. The first-order chi connectivity index (χ1) is 8.61. The molecular weight excluding hydrogens is 227 g/mol. The molecule has 0 saturated heterocycles. The Morgan fingerprint density at radius 3 is 2.61 bits per heavy atom. The van der Waals surface area contributed by atoms with Crippen molar-refractivity contribution >= 4 is 5.69 Å². The van der Waals surface area contributed by atoms with Crippen LogP contribution in [0.25, 0.3) is 0 Å². The van der Waals surface area contributed by atoms with Gasteiger partial charge in [0, 0.05) is 25.2 Å². The second kappa shape index (κ2) is 5.70. The van der Waals surface area contributed by atoms with Crippen molar-refractivity contribution in [2.45, 2.75) is 52.2 Å². The Morgan fingerprint density at radius 1 is 1.39 bits per heavy atom. The molecule has 1 aliphatic carbocycles. The number of hydrogen-bond donors (Lipinski definition) is 1. The lowest BCUT2D eigenvalue weighted by molar-refractivity contribution is 0.599. The van der Waals surface area contributed by atoms with Crippen molar-refractivity contribution in [3.8, 4) is 0 Å². The molecule has 1 aromatic carbocycles. The number of benzene rings is 1. The second-order valence-corrected chi connectivity index (χ2v) is 5.32. The van der Waals surface area contributed by atoms with Crippen molar-refractivity contribution in [2.75, 3.05) is 11.4 Å². The fourth-order valence-corrected chi connectivity index (χ4v) is 2.26. The zero-order valence-corrected chi connectivity index (χ0v) is 11.5. The summed E-state index contributed by atoms with van der Waals surface area (Å²) in [5, 5.41) is 3.41. The molecule has 0 heterocycles. The van der Waals surface area contributed by atoms with Crippen LogP contribution in [0.15, 0.2) is 18.2 Å². The molecule has 0 aromatic heterocycles. The van der Waals surface area contributed by atoms with Crippen molar-refractivity contribution in [1.82, 2.24) is 5.32 Å². The van der Waals surface area contributed by atoms with Gasteiger partial charge in [-0.15, -0.1) is 0 Å². The summed E-state index contributed by atoms with van der Waals surface area (Å²) in [6.07, 6.45) is 2.52. The minimum atomic E-state index is -0.111. The maximum Gasteiger partial charge on any atom is 0.146 e. The Bertz CT molecular complexity index is 399. The summed E-state index contributed by atoms with van der Waals surface area (Å²) in [7, 11) is 0. The lowest BCUT2D eigenvalue weighted by Gasteiger charge is -2.28. The van der Waals surface area contributed by atoms with E-state index in [9.17, 15) is 4.39 Å². The van der Waals surface area contributed by atoms with E-state index in [0.717, 1.165) is 18.7 Å². The van der Waals surface area contributed by atoms with Crippen LogP contribution in [0, 0.1) is 5.82 Å². The molecule has 0 spiro atoms. The first-order valence-electron chi connectivity index (χ1n) is 6.90. The van der Waals surface area contributed by atoms with Crippen molar-refractivity contribution < 1.29 is 4.39 Å². The number of nitrogens with one attached hydrogen (secondary N) is 1. The highest BCUT2D eigenvalue weighted by molar-refractivity contribution is 5.49. The van der Waals surface area contributed by atoms with E-state index in [2.05, 4.69) is 31.0 Å². The van der Waals surface area contributed by atoms with Crippen LogP contribution >= 0.6 is 0 Å². The summed E-state index contributed by atoms with van der Waals surface area (Å²) in [5.74, 6) is -0.111. The highest BCUT2D eigenvalue weighted by atomic mass is 19.1. The molecule has 3 heteroatoms. The highest BCUT2D eigenvalue weighted by Crippen LogP contribution is 2.23. The third-order valence-corrected chi connectivity index (χ3v) is 3.46. The Kier molecular flexibility index (Phi) is 4.23. The maximum absolute atomic E-state index is 14.1. The lowest BCUT2D eigenvalue weighted by atomic mass is 10.1. The number of hydrogen-bond acceptors (Lipinski definition) is 2. The van der Waals surface area contributed by atoms with Gasteiger partial charge in [-0.2, -0.15) is 0 Å². The van der Waals surface area contributed by atoms with E-state index in [1.807, 2.05) is 12.1 Å². The third kappa shape index (κ3) is 3.22.